The number of amides is 1. The molecule has 1 aromatic heterocycles. The lowest BCUT2D eigenvalue weighted by atomic mass is 9.86. The number of hydrogen-bond acceptors (Lipinski definition) is 5. The average molecular weight is 473 g/mol. The third-order valence-electron chi connectivity index (χ3n) is 6.86. The normalized spacial score (nSPS) is 23.3. The van der Waals surface area contributed by atoms with E-state index in [1.165, 1.54) is 19.3 Å². The van der Waals surface area contributed by atoms with E-state index in [-0.39, 0.29) is 6.09 Å². The van der Waals surface area contributed by atoms with Gasteiger partial charge in [-0.1, -0.05) is 11.6 Å². The summed E-state index contributed by atoms with van der Waals surface area (Å²) in [4.78, 5) is 14.6. The number of halogens is 1. The molecule has 1 aromatic carbocycles. The maximum absolute atomic E-state index is 12.9. The van der Waals surface area contributed by atoms with Crippen molar-refractivity contribution < 1.29 is 14.3 Å². The van der Waals surface area contributed by atoms with Gasteiger partial charge in [-0.05, 0) is 89.5 Å². The molecule has 0 spiro atoms. The zero-order valence-electron chi connectivity index (χ0n) is 19.7. The maximum atomic E-state index is 12.9. The van der Waals surface area contributed by atoms with E-state index in [0.717, 1.165) is 48.6 Å². The van der Waals surface area contributed by atoms with Crippen molar-refractivity contribution in [2.24, 2.45) is 0 Å². The Kier molecular flexibility index (Phi) is 6.12. The highest BCUT2D eigenvalue weighted by atomic mass is 35.5. The van der Waals surface area contributed by atoms with Crippen molar-refractivity contribution in [2.75, 3.05) is 0 Å². The van der Waals surface area contributed by atoms with Gasteiger partial charge in [0, 0.05) is 10.9 Å². The SMILES string of the molecule is CC(C)(C)OC(=O)N1Cc2cc(Cl)ccc2-n2c(nnc2[C@H]2CC[C@H](OC3CCC3)CC2)C1. The first kappa shape index (κ1) is 22.7. The van der Waals surface area contributed by atoms with Gasteiger partial charge >= 0.3 is 6.09 Å². The van der Waals surface area contributed by atoms with Crippen LogP contribution in [-0.4, -0.2) is 43.6 Å². The van der Waals surface area contributed by atoms with E-state index >= 15 is 0 Å². The molecule has 0 N–H and O–H groups in total. The Morgan fingerprint density at radius 2 is 1.76 bits per heavy atom. The van der Waals surface area contributed by atoms with E-state index in [9.17, 15) is 4.79 Å². The molecule has 33 heavy (non-hydrogen) atoms. The zero-order chi connectivity index (χ0) is 23.2. The molecule has 178 valence electrons. The molecule has 2 saturated carbocycles. The highest BCUT2D eigenvalue weighted by Gasteiger charge is 2.34. The largest absolute Gasteiger partial charge is 0.444 e. The van der Waals surface area contributed by atoms with Crippen molar-refractivity contribution in [2.45, 2.75) is 103 Å². The molecule has 0 radical (unpaired) electrons. The van der Waals surface area contributed by atoms with Crippen molar-refractivity contribution >= 4 is 17.7 Å². The number of carbonyl (C=O) groups is 1. The van der Waals surface area contributed by atoms with Crippen LogP contribution in [0.4, 0.5) is 4.79 Å². The van der Waals surface area contributed by atoms with Crippen LogP contribution in [0.25, 0.3) is 5.69 Å². The van der Waals surface area contributed by atoms with Gasteiger partial charge in [0.15, 0.2) is 5.82 Å². The molecular weight excluding hydrogens is 440 g/mol. The summed E-state index contributed by atoms with van der Waals surface area (Å²) in [5.41, 5.74) is 1.39. The minimum Gasteiger partial charge on any atom is -0.444 e. The summed E-state index contributed by atoms with van der Waals surface area (Å²) in [6.07, 6.45) is 8.40. The Bertz CT molecular complexity index is 1020. The van der Waals surface area contributed by atoms with E-state index in [4.69, 9.17) is 21.1 Å². The van der Waals surface area contributed by atoms with Gasteiger partial charge in [-0.15, -0.1) is 10.2 Å². The lowest BCUT2D eigenvalue weighted by Gasteiger charge is -2.34. The molecule has 0 atom stereocenters. The second kappa shape index (κ2) is 8.91. The molecular formula is C25H33ClN4O3. The quantitative estimate of drug-likeness (QED) is 0.567. The molecule has 2 aromatic rings. The highest BCUT2D eigenvalue weighted by molar-refractivity contribution is 6.30. The highest BCUT2D eigenvalue weighted by Crippen LogP contribution is 2.38. The Morgan fingerprint density at radius 1 is 1.03 bits per heavy atom. The molecule has 2 heterocycles. The van der Waals surface area contributed by atoms with Gasteiger partial charge in [0.1, 0.15) is 11.4 Å². The third-order valence-corrected chi connectivity index (χ3v) is 7.09. The Labute approximate surface area is 200 Å². The third kappa shape index (κ3) is 4.90. The van der Waals surface area contributed by atoms with Crippen molar-refractivity contribution in [3.05, 3.63) is 40.4 Å². The van der Waals surface area contributed by atoms with Crippen LogP contribution in [0.15, 0.2) is 18.2 Å². The number of rotatable bonds is 3. The van der Waals surface area contributed by atoms with Gasteiger partial charge in [-0.2, -0.15) is 0 Å². The van der Waals surface area contributed by atoms with E-state index in [2.05, 4.69) is 14.8 Å². The first-order chi connectivity index (χ1) is 15.8. The van der Waals surface area contributed by atoms with Crippen LogP contribution in [-0.2, 0) is 22.6 Å². The van der Waals surface area contributed by atoms with Gasteiger partial charge in [-0.25, -0.2) is 4.79 Å². The molecule has 0 saturated heterocycles. The number of benzene rings is 1. The Balaban J connectivity index is 1.41. The van der Waals surface area contributed by atoms with E-state index in [1.807, 2.05) is 39.0 Å². The van der Waals surface area contributed by atoms with Gasteiger partial charge < -0.3 is 9.47 Å². The Morgan fingerprint density at radius 3 is 2.42 bits per heavy atom. The molecule has 2 fully saturated rings. The average Bonchev–Trinajstić information content (AvgIpc) is 3.05. The molecule has 0 bridgehead atoms. The fourth-order valence-corrected chi connectivity index (χ4v) is 5.18. The van der Waals surface area contributed by atoms with Crippen LogP contribution in [0.1, 0.15) is 88.8 Å². The van der Waals surface area contributed by atoms with Crippen LogP contribution < -0.4 is 0 Å². The number of hydrogen-bond donors (Lipinski definition) is 0. The number of aromatic nitrogens is 3. The molecule has 7 nitrogen and oxygen atoms in total. The lowest BCUT2D eigenvalue weighted by Crippen LogP contribution is -2.35. The number of ether oxygens (including phenoxy) is 2. The van der Waals surface area contributed by atoms with Crippen LogP contribution in [0.2, 0.25) is 5.02 Å². The minimum absolute atomic E-state index is 0.323. The topological polar surface area (TPSA) is 69.5 Å². The van der Waals surface area contributed by atoms with Gasteiger partial charge in [-0.3, -0.25) is 9.47 Å². The lowest BCUT2D eigenvalue weighted by molar-refractivity contribution is -0.0666. The Hall–Kier alpha value is -2.12. The summed E-state index contributed by atoms with van der Waals surface area (Å²) in [6, 6.07) is 5.83. The van der Waals surface area contributed by atoms with Crippen molar-refractivity contribution in [3.63, 3.8) is 0 Å². The van der Waals surface area contributed by atoms with E-state index in [0.29, 0.717) is 36.2 Å². The number of fused-ring (bicyclic) bond motifs is 3. The molecule has 2 aliphatic carbocycles. The van der Waals surface area contributed by atoms with Crippen molar-refractivity contribution in [1.82, 2.24) is 19.7 Å². The van der Waals surface area contributed by atoms with Gasteiger partial charge in [0.05, 0.1) is 31.0 Å². The summed E-state index contributed by atoms with van der Waals surface area (Å²) in [7, 11) is 0. The fourth-order valence-electron chi connectivity index (χ4n) is 4.98. The first-order valence-corrected chi connectivity index (χ1v) is 12.5. The van der Waals surface area contributed by atoms with Crippen LogP contribution >= 0.6 is 11.6 Å². The molecule has 3 aliphatic rings. The van der Waals surface area contributed by atoms with Crippen LogP contribution in [0.5, 0.6) is 0 Å². The molecule has 5 rings (SSSR count). The van der Waals surface area contributed by atoms with Crippen molar-refractivity contribution in [3.8, 4) is 5.69 Å². The smallest absolute Gasteiger partial charge is 0.411 e. The first-order valence-electron chi connectivity index (χ1n) is 12.1. The second-order valence-electron chi connectivity index (χ2n) is 10.6. The number of carbonyl (C=O) groups excluding carboxylic acids is 1. The summed E-state index contributed by atoms with van der Waals surface area (Å²) >= 11 is 6.34. The summed E-state index contributed by atoms with van der Waals surface area (Å²) in [5.74, 6) is 2.05. The van der Waals surface area contributed by atoms with Crippen LogP contribution in [0, 0.1) is 0 Å². The predicted octanol–water partition coefficient (Wildman–Crippen LogP) is 5.77. The summed E-state index contributed by atoms with van der Waals surface area (Å²) < 4.78 is 14.1. The number of nitrogens with zero attached hydrogens (tertiary/aromatic N) is 4. The van der Waals surface area contributed by atoms with Crippen molar-refractivity contribution in [1.29, 1.82) is 0 Å². The minimum atomic E-state index is -0.570. The predicted molar refractivity (Wildman–Crippen MR) is 126 cm³/mol. The van der Waals surface area contributed by atoms with Gasteiger partial charge in [0.25, 0.3) is 0 Å². The summed E-state index contributed by atoms with van der Waals surface area (Å²) in [5, 5.41) is 9.80. The maximum Gasteiger partial charge on any atom is 0.411 e. The van der Waals surface area contributed by atoms with E-state index in [1.54, 1.807) is 4.90 Å². The molecule has 1 amide bonds. The van der Waals surface area contributed by atoms with E-state index < -0.39 is 5.60 Å². The van der Waals surface area contributed by atoms with Gasteiger partial charge in [0.2, 0.25) is 0 Å². The second-order valence-corrected chi connectivity index (χ2v) is 11.0. The fraction of sp³-hybridized carbons (Fsp3) is 0.640. The molecule has 8 heteroatoms. The standard InChI is InChI=1S/C25H33ClN4O3/c1-25(2,3)33-24(31)29-14-17-13-18(26)9-12-21(17)30-22(15-29)27-28-23(30)16-7-10-20(11-8-16)32-19-5-4-6-19/h9,12-13,16,19-20H,4-8,10-11,14-15H2,1-3H3/t16-,20-. The monoisotopic (exact) mass is 472 g/mol. The summed E-state index contributed by atoms with van der Waals surface area (Å²) in [6.45, 7) is 6.38. The zero-order valence-corrected chi connectivity index (χ0v) is 20.5. The molecule has 1 aliphatic heterocycles. The van der Waals surface area contributed by atoms with Crippen LogP contribution in [0.3, 0.4) is 0 Å². The molecule has 0 unspecified atom stereocenters.